The minimum absolute atomic E-state index is 0.368. The summed E-state index contributed by atoms with van der Waals surface area (Å²) in [7, 11) is 0. The second kappa shape index (κ2) is 8.16. The van der Waals surface area contributed by atoms with Gasteiger partial charge in [0.15, 0.2) is 0 Å². The summed E-state index contributed by atoms with van der Waals surface area (Å²) in [6.07, 6.45) is 10.3. The minimum Gasteiger partial charge on any atom is -0.389 e. The summed E-state index contributed by atoms with van der Waals surface area (Å²) in [5.41, 5.74) is 0. The van der Waals surface area contributed by atoms with Crippen molar-refractivity contribution in [2.75, 3.05) is 19.8 Å². The molecule has 0 aromatic carbocycles. The van der Waals surface area contributed by atoms with E-state index in [1.807, 2.05) is 0 Å². The fourth-order valence-electron chi connectivity index (χ4n) is 3.13. The molecule has 5 unspecified atom stereocenters. The zero-order valence-electron chi connectivity index (χ0n) is 13.1. The topological polar surface area (TPSA) is 41.5 Å². The Morgan fingerprint density at radius 3 is 2.85 bits per heavy atom. The van der Waals surface area contributed by atoms with E-state index in [2.05, 4.69) is 31.3 Å². The van der Waals surface area contributed by atoms with Crippen molar-refractivity contribution in [1.29, 1.82) is 0 Å². The molecule has 2 aliphatic rings. The lowest BCUT2D eigenvalue weighted by Crippen LogP contribution is -2.33. The predicted molar refractivity (Wildman–Crippen MR) is 82.7 cm³/mol. The summed E-state index contributed by atoms with van der Waals surface area (Å²) in [6.45, 7) is 6.44. The third kappa shape index (κ3) is 5.19. The fraction of sp³-hybridized carbons (Fsp3) is 0.882. The smallest absolute Gasteiger partial charge is 0.0897 e. The van der Waals surface area contributed by atoms with Gasteiger partial charge in [0.25, 0.3) is 0 Å². The number of hydrogen-bond acceptors (Lipinski definition) is 3. The summed E-state index contributed by atoms with van der Waals surface area (Å²) in [5.74, 6) is 2.18. The van der Waals surface area contributed by atoms with Gasteiger partial charge in [0.1, 0.15) is 0 Å². The normalized spacial score (nSPS) is 34.1. The molecule has 0 bridgehead atoms. The van der Waals surface area contributed by atoms with E-state index < -0.39 is 0 Å². The van der Waals surface area contributed by atoms with Gasteiger partial charge in [-0.15, -0.1) is 0 Å². The van der Waals surface area contributed by atoms with Gasteiger partial charge in [0, 0.05) is 12.6 Å². The maximum atomic E-state index is 9.94. The van der Waals surface area contributed by atoms with Gasteiger partial charge >= 0.3 is 0 Å². The first-order chi connectivity index (χ1) is 9.70. The first-order valence-corrected chi connectivity index (χ1v) is 8.34. The Kier molecular flexibility index (Phi) is 6.53. The lowest BCUT2D eigenvalue weighted by Gasteiger charge is -2.25. The molecule has 0 spiro atoms. The van der Waals surface area contributed by atoms with E-state index in [9.17, 15) is 5.11 Å². The van der Waals surface area contributed by atoms with Crippen LogP contribution in [0.15, 0.2) is 12.2 Å². The third-order valence-corrected chi connectivity index (χ3v) is 4.76. The van der Waals surface area contributed by atoms with Gasteiger partial charge in [-0.2, -0.15) is 0 Å². The molecule has 1 saturated carbocycles. The van der Waals surface area contributed by atoms with Crippen LogP contribution in [0.2, 0.25) is 0 Å². The molecule has 1 fully saturated rings. The van der Waals surface area contributed by atoms with Crippen LogP contribution in [0.25, 0.3) is 0 Å². The second-order valence-corrected chi connectivity index (χ2v) is 6.67. The van der Waals surface area contributed by atoms with Crippen molar-refractivity contribution < 1.29 is 9.84 Å². The molecular formula is C17H31NO2. The molecule has 20 heavy (non-hydrogen) atoms. The van der Waals surface area contributed by atoms with Crippen LogP contribution >= 0.6 is 0 Å². The first kappa shape index (κ1) is 16.0. The lowest BCUT2D eigenvalue weighted by molar-refractivity contribution is 0.0126. The Labute approximate surface area is 123 Å². The van der Waals surface area contributed by atoms with Gasteiger partial charge in [0.2, 0.25) is 0 Å². The van der Waals surface area contributed by atoms with Gasteiger partial charge < -0.3 is 15.2 Å². The molecule has 0 aromatic rings. The van der Waals surface area contributed by atoms with Crippen molar-refractivity contribution in [3.05, 3.63) is 12.2 Å². The van der Waals surface area contributed by atoms with E-state index in [1.165, 1.54) is 25.7 Å². The van der Waals surface area contributed by atoms with Crippen LogP contribution in [0.1, 0.15) is 46.0 Å². The molecule has 3 heteroatoms. The highest BCUT2D eigenvalue weighted by atomic mass is 16.5. The fourth-order valence-corrected chi connectivity index (χ4v) is 3.13. The van der Waals surface area contributed by atoms with Crippen molar-refractivity contribution in [3.8, 4) is 0 Å². The van der Waals surface area contributed by atoms with Crippen LogP contribution in [0, 0.1) is 17.8 Å². The zero-order chi connectivity index (χ0) is 14.4. The Balaban J connectivity index is 1.50. The van der Waals surface area contributed by atoms with Gasteiger partial charge in [0.05, 0.1) is 19.3 Å². The molecule has 0 saturated heterocycles. The van der Waals surface area contributed by atoms with E-state index in [4.69, 9.17) is 4.74 Å². The highest BCUT2D eigenvalue weighted by molar-refractivity contribution is 4.94. The Morgan fingerprint density at radius 1 is 1.30 bits per heavy atom. The maximum Gasteiger partial charge on any atom is 0.0897 e. The SMILES string of the molecule is CCCC1CC1NCC(O)COCC1CC=CCC1C. The molecule has 2 aliphatic carbocycles. The van der Waals surface area contributed by atoms with Crippen molar-refractivity contribution in [1.82, 2.24) is 5.32 Å². The van der Waals surface area contributed by atoms with Crippen molar-refractivity contribution in [2.45, 2.75) is 58.1 Å². The molecule has 2 rings (SSSR count). The van der Waals surface area contributed by atoms with Gasteiger partial charge in [-0.05, 0) is 43.4 Å². The van der Waals surface area contributed by atoms with Crippen LogP contribution in [0.3, 0.4) is 0 Å². The first-order valence-electron chi connectivity index (χ1n) is 8.34. The maximum absolute atomic E-state index is 9.94. The standard InChI is InChI=1S/C17H31NO2/c1-3-6-14-9-17(14)18-10-16(19)12-20-11-15-8-5-4-7-13(15)2/h4-5,13-19H,3,6-12H2,1-2H3. The molecule has 116 valence electrons. The van der Waals surface area contributed by atoms with Crippen LogP contribution in [0.4, 0.5) is 0 Å². The number of rotatable bonds is 9. The average molecular weight is 281 g/mol. The third-order valence-electron chi connectivity index (χ3n) is 4.76. The molecule has 2 N–H and O–H groups in total. The van der Waals surface area contributed by atoms with E-state index in [1.54, 1.807) is 0 Å². The molecule has 0 aliphatic heterocycles. The monoisotopic (exact) mass is 281 g/mol. The summed E-state index contributed by atoms with van der Waals surface area (Å²) in [5, 5.41) is 13.4. The molecule has 5 atom stereocenters. The highest BCUT2D eigenvalue weighted by Crippen LogP contribution is 2.34. The highest BCUT2D eigenvalue weighted by Gasteiger charge is 2.35. The van der Waals surface area contributed by atoms with Crippen molar-refractivity contribution in [2.24, 2.45) is 17.8 Å². The summed E-state index contributed by atoms with van der Waals surface area (Å²) in [4.78, 5) is 0. The molecular weight excluding hydrogens is 250 g/mol. The Bertz CT molecular complexity index is 305. The molecule has 0 aromatic heterocycles. The molecule has 0 radical (unpaired) electrons. The van der Waals surface area contributed by atoms with Gasteiger partial charge in [-0.3, -0.25) is 0 Å². The predicted octanol–water partition coefficient (Wildman–Crippen LogP) is 2.74. The van der Waals surface area contributed by atoms with E-state index >= 15 is 0 Å². The van der Waals surface area contributed by atoms with Gasteiger partial charge in [-0.1, -0.05) is 32.4 Å². The molecule has 0 amide bonds. The number of nitrogens with one attached hydrogen (secondary N) is 1. The number of ether oxygens (including phenoxy) is 1. The summed E-state index contributed by atoms with van der Waals surface area (Å²) in [6, 6.07) is 0.646. The zero-order valence-corrected chi connectivity index (χ0v) is 13.1. The molecule has 0 heterocycles. The van der Waals surface area contributed by atoms with E-state index in [0.717, 1.165) is 18.9 Å². The van der Waals surface area contributed by atoms with Crippen LogP contribution in [0.5, 0.6) is 0 Å². The minimum atomic E-state index is -0.368. The van der Waals surface area contributed by atoms with Crippen LogP contribution in [-0.2, 0) is 4.74 Å². The average Bonchev–Trinajstić information content (AvgIpc) is 3.17. The second-order valence-electron chi connectivity index (χ2n) is 6.67. The molecule has 3 nitrogen and oxygen atoms in total. The summed E-state index contributed by atoms with van der Waals surface area (Å²) < 4.78 is 5.71. The Hall–Kier alpha value is -0.380. The number of aliphatic hydroxyl groups is 1. The number of allylic oxidation sites excluding steroid dienone is 2. The van der Waals surface area contributed by atoms with Crippen LogP contribution < -0.4 is 5.32 Å². The number of aliphatic hydroxyl groups excluding tert-OH is 1. The largest absolute Gasteiger partial charge is 0.389 e. The van der Waals surface area contributed by atoms with Crippen molar-refractivity contribution >= 4 is 0 Å². The Morgan fingerprint density at radius 2 is 2.10 bits per heavy atom. The van der Waals surface area contributed by atoms with E-state index in [0.29, 0.717) is 31.0 Å². The van der Waals surface area contributed by atoms with Crippen molar-refractivity contribution in [3.63, 3.8) is 0 Å². The van der Waals surface area contributed by atoms with Crippen LogP contribution in [-0.4, -0.2) is 37.0 Å². The van der Waals surface area contributed by atoms with Gasteiger partial charge in [-0.25, -0.2) is 0 Å². The quantitative estimate of drug-likeness (QED) is 0.639. The lowest BCUT2D eigenvalue weighted by atomic mass is 9.85. The summed E-state index contributed by atoms with van der Waals surface area (Å²) >= 11 is 0. The van der Waals surface area contributed by atoms with E-state index in [-0.39, 0.29) is 6.10 Å². The number of hydrogen-bond donors (Lipinski definition) is 2.